The van der Waals surface area contributed by atoms with E-state index in [-0.39, 0.29) is 0 Å². The second kappa shape index (κ2) is 9.03. The fourth-order valence-electron chi connectivity index (χ4n) is 2.27. The Bertz CT molecular complexity index is 408. The molecule has 1 N–H and O–H groups in total. The van der Waals surface area contributed by atoms with E-state index in [1.165, 1.54) is 18.4 Å². The van der Waals surface area contributed by atoms with Crippen LogP contribution >= 0.6 is 0 Å². The molecule has 118 valence electrons. The second-order valence-electron chi connectivity index (χ2n) is 5.54. The summed E-state index contributed by atoms with van der Waals surface area (Å²) in [5, 5.41) is 3.54. The van der Waals surface area contributed by atoms with Gasteiger partial charge in [-0.1, -0.05) is 25.1 Å². The van der Waals surface area contributed by atoms with Gasteiger partial charge < -0.3 is 14.8 Å². The van der Waals surface area contributed by atoms with Crippen molar-refractivity contribution in [1.29, 1.82) is 0 Å². The van der Waals surface area contributed by atoms with Crippen LogP contribution in [0, 0.1) is 0 Å². The maximum Gasteiger partial charge on any atom is 0.123 e. The highest BCUT2D eigenvalue weighted by molar-refractivity contribution is 5.33. The van der Waals surface area contributed by atoms with Crippen LogP contribution in [0.1, 0.15) is 25.3 Å². The molecule has 0 bridgehead atoms. The van der Waals surface area contributed by atoms with Gasteiger partial charge in [0, 0.05) is 38.3 Å². The van der Waals surface area contributed by atoms with Crippen molar-refractivity contribution in [3.63, 3.8) is 0 Å². The number of nitrogens with zero attached hydrogens (tertiary/aromatic N) is 1. The largest absolute Gasteiger partial charge is 0.492 e. The summed E-state index contributed by atoms with van der Waals surface area (Å²) in [5.41, 5.74) is 1.25. The van der Waals surface area contributed by atoms with Gasteiger partial charge in [-0.3, -0.25) is 4.90 Å². The van der Waals surface area contributed by atoms with Gasteiger partial charge in [-0.05, 0) is 25.5 Å². The number of para-hydroxylation sites is 1. The molecule has 1 aromatic rings. The molecule has 0 amide bonds. The lowest BCUT2D eigenvalue weighted by atomic mass is 10.2. The number of methoxy groups -OCH3 is 1. The van der Waals surface area contributed by atoms with Crippen LogP contribution in [0.15, 0.2) is 24.3 Å². The first kappa shape index (κ1) is 16.3. The van der Waals surface area contributed by atoms with Crippen molar-refractivity contribution in [2.75, 3.05) is 40.0 Å². The van der Waals surface area contributed by atoms with E-state index in [1.807, 2.05) is 6.07 Å². The van der Waals surface area contributed by atoms with Gasteiger partial charge in [0.05, 0.1) is 6.61 Å². The van der Waals surface area contributed by atoms with Gasteiger partial charge in [0.25, 0.3) is 0 Å². The van der Waals surface area contributed by atoms with Crippen molar-refractivity contribution in [3.05, 3.63) is 29.8 Å². The fraction of sp³-hybridized carbons (Fsp3) is 0.647. The SMILES string of the molecule is CCN(CCOC)CCOc1ccccc1CNC1CC1. The lowest BCUT2D eigenvalue weighted by Crippen LogP contribution is -2.31. The Morgan fingerprint density at radius 1 is 1.19 bits per heavy atom. The minimum absolute atomic E-state index is 0.720. The molecule has 21 heavy (non-hydrogen) atoms. The van der Waals surface area contributed by atoms with Crippen LogP contribution in [0.3, 0.4) is 0 Å². The molecule has 0 unspecified atom stereocenters. The first-order chi connectivity index (χ1) is 10.3. The van der Waals surface area contributed by atoms with Crippen LogP contribution in [-0.2, 0) is 11.3 Å². The first-order valence-corrected chi connectivity index (χ1v) is 7.99. The Balaban J connectivity index is 1.75. The van der Waals surface area contributed by atoms with E-state index in [0.717, 1.165) is 51.2 Å². The van der Waals surface area contributed by atoms with Crippen molar-refractivity contribution in [2.24, 2.45) is 0 Å². The molecule has 4 heteroatoms. The molecule has 0 aromatic heterocycles. The van der Waals surface area contributed by atoms with E-state index in [1.54, 1.807) is 7.11 Å². The summed E-state index contributed by atoms with van der Waals surface area (Å²) >= 11 is 0. The predicted octanol–water partition coefficient (Wildman–Crippen LogP) is 2.29. The number of benzene rings is 1. The van der Waals surface area contributed by atoms with Gasteiger partial charge >= 0.3 is 0 Å². The molecule has 0 spiro atoms. The van der Waals surface area contributed by atoms with Crippen LogP contribution in [0.25, 0.3) is 0 Å². The van der Waals surface area contributed by atoms with E-state index in [2.05, 4.69) is 35.3 Å². The Morgan fingerprint density at radius 2 is 1.95 bits per heavy atom. The summed E-state index contributed by atoms with van der Waals surface area (Å²) in [5.74, 6) is 1.01. The summed E-state index contributed by atoms with van der Waals surface area (Å²) in [6, 6.07) is 9.05. The number of nitrogens with one attached hydrogen (secondary N) is 1. The molecule has 1 aliphatic rings. The lowest BCUT2D eigenvalue weighted by molar-refractivity contribution is 0.138. The van der Waals surface area contributed by atoms with Gasteiger partial charge in [0.1, 0.15) is 12.4 Å². The van der Waals surface area contributed by atoms with Crippen LogP contribution in [0.2, 0.25) is 0 Å². The smallest absolute Gasteiger partial charge is 0.123 e. The monoisotopic (exact) mass is 292 g/mol. The third kappa shape index (κ3) is 6.04. The van der Waals surface area contributed by atoms with Crippen molar-refractivity contribution < 1.29 is 9.47 Å². The van der Waals surface area contributed by atoms with Crippen molar-refractivity contribution >= 4 is 0 Å². The quantitative estimate of drug-likeness (QED) is 0.678. The van der Waals surface area contributed by atoms with E-state index in [9.17, 15) is 0 Å². The molecule has 1 aromatic carbocycles. The highest BCUT2D eigenvalue weighted by Crippen LogP contribution is 2.22. The summed E-state index contributed by atoms with van der Waals surface area (Å²) in [6.07, 6.45) is 2.63. The fourth-order valence-corrected chi connectivity index (χ4v) is 2.27. The maximum atomic E-state index is 5.98. The molecule has 1 aliphatic carbocycles. The predicted molar refractivity (Wildman–Crippen MR) is 85.8 cm³/mol. The van der Waals surface area contributed by atoms with E-state index >= 15 is 0 Å². The Kier molecular flexibility index (Phi) is 7.00. The van der Waals surface area contributed by atoms with E-state index < -0.39 is 0 Å². The number of hydrogen-bond acceptors (Lipinski definition) is 4. The molecule has 1 saturated carbocycles. The summed E-state index contributed by atoms with van der Waals surface area (Å²) in [7, 11) is 1.74. The highest BCUT2D eigenvalue weighted by atomic mass is 16.5. The molecule has 1 fully saturated rings. The number of ether oxygens (including phenoxy) is 2. The lowest BCUT2D eigenvalue weighted by Gasteiger charge is -2.20. The number of likely N-dealkylation sites (N-methyl/N-ethyl adjacent to an activating group) is 1. The van der Waals surface area contributed by atoms with Crippen molar-refractivity contribution in [1.82, 2.24) is 10.2 Å². The second-order valence-corrected chi connectivity index (χ2v) is 5.54. The van der Waals surface area contributed by atoms with Crippen molar-refractivity contribution in [3.8, 4) is 5.75 Å². The van der Waals surface area contributed by atoms with Gasteiger partial charge in [-0.2, -0.15) is 0 Å². The molecule has 0 heterocycles. The van der Waals surface area contributed by atoms with Gasteiger partial charge in [-0.25, -0.2) is 0 Å². The van der Waals surface area contributed by atoms with Crippen LogP contribution in [0.4, 0.5) is 0 Å². The standard InChI is InChI=1S/C17H28N2O2/c1-3-19(10-12-20-2)11-13-21-17-7-5-4-6-15(17)14-18-16-8-9-16/h4-7,16,18H,3,8-14H2,1-2H3. The third-order valence-electron chi connectivity index (χ3n) is 3.86. The molecule has 0 radical (unpaired) electrons. The van der Waals surface area contributed by atoms with Crippen LogP contribution in [-0.4, -0.2) is 50.9 Å². The average molecular weight is 292 g/mol. The first-order valence-electron chi connectivity index (χ1n) is 7.99. The molecular formula is C17H28N2O2. The number of rotatable bonds is 11. The summed E-state index contributed by atoms with van der Waals surface area (Å²) in [6.45, 7) is 7.49. The van der Waals surface area contributed by atoms with Crippen molar-refractivity contribution in [2.45, 2.75) is 32.4 Å². The molecule has 0 atom stereocenters. The highest BCUT2D eigenvalue weighted by Gasteiger charge is 2.20. The zero-order valence-electron chi connectivity index (χ0n) is 13.3. The minimum atomic E-state index is 0.720. The number of hydrogen-bond donors (Lipinski definition) is 1. The van der Waals surface area contributed by atoms with Gasteiger partial charge in [0.15, 0.2) is 0 Å². The zero-order valence-corrected chi connectivity index (χ0v) is 13.3. The van der Waals surface area contributed by atoms with E-state index in [4.69, 9.17) is 9.47 Å². The Labute approximate surface area is 128 Å². The Morgan fingerprint density at radius 3 is 2.67 bits per heavy atom. The molecule has 4 nitrogen and oxygen atoms in total. The van der Waals surface area contributed by atoms with Gasteiger partial charge in [0.2, 0.25) is 0 Å². The summed E-state index contributed by atoms with van der Waals surface area (Å²) in [4.78, 5) is 2.34. The van der Waals surface area contributed by atoms with Crippen LogP contribution < -0.4 is 10.1 Å². The van der Waals surface area contributed by atoms with E-state index in [0.29, 0.717) is 0 Å². The average Bonchev–Trinajstić information content (AvgIpc) is 3.34. The minimum Gasteiger partial charge on any atom is -0.492 e. The zero-order chi connectivity index (χ0) is 14.9. The Hall–Kier alpha value is -1.10. The topological polar surface area (TPSA) is 33.7 Å². The normalized spacial score (nSPS) is 14.6. The van der Waals surface area contributed by atoms with Gasteiger partial charge in [-0.15, -0.1) is 0 Å². The maximum absolute atomic E-state index is 5.98. The molecular weight excluding hydrogens is 264 g/mol. The third-order valence-corrected chi connectivity index (χ3v) is 3.86. The molecule has 2 rings (SSSR count). The van der Waals surface area contributed by atoms with Crippen LogP contribution in [0.5, 0.6) is 5.75 Å². The molecule has 0 aliphatic heterocycles. The molecule has 0 saturated heterocycles. The summed E-state index contributed by atoms with van der Waals surface area (Å²) < 4.78 is 11.1.